The van der Waals surface area contributed by atoms with Crippen molar-refractivity contribution in [3.63, 3.8) is 0 Å². The number of nitrogens with zero attached hydrogens (tertiary/aromatic N) is 1. The molecule has 3 unspecified atom stereocenters. The normalized spacial score (nSPS) is 51.5. The molecule has 2 aliphatic rings. The molecule has 1 heteroatoms. The molecule has 0 N–H and O–H groups in total. The van der Waals surface area contributed by atoms with Crippen molar-refractivity contribution in [3.8, 4) is 0 Å². The molecule has 2 rings (SSSR count). The van der Waals surface area contributed by atoms with Gasteiger partial charge in [0.1, 0.15) is 0 Å². The van der Waals surface area contributed by atoms with Gasteiger partial charge < -0.3 is 4.90 Å². The van der Waals surface area contributed by atoms with Crippen LogP contribution in [0, 0.1) is 11.3 Å². The zero-order valence-corrected chi connectivity index (χ0v) is 7.93. The van der Waals surface area contributed by atoms with Crippen LogP contribution in [0.15, 0.2) is 0 Å². The summed E-state index contributed by atoms with van der Waals surface area (Å²) in [5.41, 5.74) is 0.675. The van der Waals surface area contributed by atoms with Gasteiger partial charge in [0.05, 0.1) is 0 Å². The van der Waals surface area contributed by atoms with Gasteiger partial charge in [0.15, 0.2) is 0 Å². The maximum Gasteiger partial charge on any atom is 0.0172 e. The third-order valence-electron chi connectivity index (χ3n) is 3.93. The lowest BCUT2D eigenvalue weighted by Gasteiger charge is -2.29. The molecular formula is C10H19N. The minimum atomic E-state index is 0.675. The third-order valence-corrected chi connectivity index (χ3v) is 3.93. The van der Waals surface area contributed by atoms with E-state index in [-0.39, 0.29) is 0 Å². The third kappa shape index (κ3) is 0.936. The van der Waals surface area contributed by atoms with Gasteiger partial charge in [0.2, 0.25) is 0 Å². The van der Waals surface area contributed by atoms with E-state index in [0.29, 0.717) is 5.41 Å². The quantitative estimate of drug-likeness (QED) is 0.515. The lowest BCUT2D eigenvalue weighted by molar-refractivity contribution is 0.195. The first-order chi connectivity index (χ1) is 5.13. The Morgan fingerprint density at radius 2 is 2.09 bits per heavy atom. The van der Waals surface area contributed by atoms with Gasteiger partial charge in [-0.3, -0.25) is 0 Å². The van der Waals surface area contributed by atoms with Crippen molar-refractivity contribution in [2.45, 2.75) is 39.2 Å². The van der Waals surface area contributed by atoms with Crippen LogP contribution in [-0.2, 0) is 0 Å². The molecule has 0 aromatic rings. The van der Waals surface area contributed by atoms with Gasteiger partial charge in [0, 0.05) is 6.04 Å². The van der Waals surface area contributed by atoms with Crippen molar-refractivity contribution < 1.29 is 0 Å². The van der Waals surface area contributed by atoms with Gasteiger partial charge in [-0.2, -0.15) is 0 Å². The fourth-order valence-electron chi connectivity index (χ4n) is 3.36. The highest BCUT2D eigenvalue weighted by atomic mass is 15.2. The summed E-state index contributed by atoms with van der Waals surface area (Å²) in [7, 11) is 2.29. The molecule has 0 aromatic carbocycles. The van der Waals surface area contributed by atoms with Gasteiger partial charge >= 0.3 is 0 Å². The molecule has 2 fully saturated rings. The molecule has 1 saturated heterocycles. The Hall–Kier alpha value is -0.0400. The summed E-state index contributed by atoms with van der Waals surface area (Å²) in [6.45, 7) is 6.22. The average Bonchev–Trinajstić information content (AvgIpc) is 2.38. The van der Waals surface area contributed by atoms with E-state index in [1.165, 1.54) is 25.8 Å². The lowest BCUT2D eigenvalue weighted by Crippen LogP contribution is -2.35. The first-order valence-corrected chi connectivity index (χ1v) is 4.84. The Bertz CT molecular complexity index is 150. The molecule has 1 aliphatic carbocycles. The molecule has 1 heterocycles. The molecule has 11 heavy (non-hydrogen) atoms. The van der Waals surface area contributed by atoms with Crippen LogP contribution in [0.25, 0.3) is 0 Å². The van der Waals surface area contributed by atoms with Crippen LogP contribution >= 0.6 is 0 Å². The van der Waals surface area contributed by atoms with Crippen molar-refractivity contribution >= 4 is 0 Å². The molecule has 0 bridgehead atoms. The van der Waals surface area contributed by atoms with Crippen LogP contribution in [0.3, 0.4) is 0 Å². The largest absolute Gasteiger partial charge is 0.303 e. The van der Waals surface area contributed by atoms with Crippen LogP contribution < -0.4 is 0 Å². The minimum absolute atomic E-state index is 0.675. The first kappa shape index (κ1) is 7.60. The van der Waals surface area contributed by atoms with Crippen LogP contribution in [0.2, 0.25) is 0 Å². The van der Waals surface area contributed by atoms with E-state index in [0.717, 1.165) is 12.0 Å². The van der Waals surface area contributed by atoms with E-state index in [9.17, 15) is 0 Å². The van der Waals surface area contributed by atoms with Gasteiger partial charge in [-0.25, -0.2) is 0 Å². The summed E-state index contributed by atoms with van der Waals surface area (Å²) in [5, 5.41) is 0. The topological polar surface area (TPSA) is 3.24 Å². The Balaban J connectivity index is 2.23. The highest BCUT2D eigenvalue weighted by Gasteiger charge is 2.48. The minimum Gasteiger partial charge on any atom is -0.303 e. The van der Waals surface area contributed by atoms with E-state index < -0.39 is 0 Å². The van der Waals surface area contributed by atoms with Crippen molar-refractivity contribution in [1.29, 1.82) is 0 Å². The number of hydrogen-bond acceptors (Lipinski definition) is 1. The summed E-state index contributed by atoms with van der Waals surface area (Å²) in [4.78, 5) is 2.57. The first-order valence-electron chi connectivity index (χ1n) is 4.84. The van der Waals surface area contributed by atoms with Crippen molar-refractivity contribution in [2.75, 3.05) is 13.6 Å². The lowest BCUT2D eigenvalue weighted by atomic mass is 9.83. The molecule has 1 aliphatic heterocycles. The molecule has 0 amide bonds. The second-order valence-electron chi connectivity index (χ2n) is 4.85. The summed E-state index contributed by atoms with van der Waals surface area (Å²) >= 11 is 0. The van der Waals surface area contributed by atoms with Gasteiger partial charge in [0.25, 0.3) is 0 Å². The van der Waals surface area contributed by atoms with Crippen LogP contribution in [0.1, 0.15) is 33.1 Å². The monoisotopic (exact) mass is 153 g/mol. The standard InChI is InChI=1S/C10H19N/c1-8-4-5-10(2)6-7-11(3)9(8)10/h8-9H,4-7H2,1-3H3. The van der Waals surface area contributed by atoms with E-state index in [1.54, 1.807) is 0 Å². The number of fused-ring (bicyclic) bond motifs is 1. The fourth-order valence-corrected chi connectivity index (χ4v) is 3.36. The zero-order valence-electron chi connectivity index (χ0n) is 7.93. The Morgan fingerprint density at radius 3 is 2.73 bits per heavy atom. The number of rotatable bonds is 0. The zero-order chi connectivity index (χ0) is 8.06. The van der Waals surface area contributed by atoms with Crippen LogP contribution in [0.4, 0.5) is 0 Å². The summed E-state index contributed by atoms with van der Waals surface area (Å²) in [6, 6.07) is 0.891. The van der Waals surface area contributed by atoms with E-state index in [2.05, 4.69) is 25.8 Å². The predicted octanol–water partition coefficient (Wildman–Crippen LogP) is 2.13. The Kier molecular flexibility index (Phi) is 1.54. The summed E-state index contributed by atoms with van der Waals surface area (Å²) in [6.07, 6.45) is 4.34. The molecular weight excluding hydrogens is 134 g/mol. The van der Waals surface area contributed by atoms with E-state index in [1.807, 2.05) is 0 Å². The summed E-state index contributed by atoms with van der Waals surface area (Å²) < 4.78 is 0. The van der Waals surface area contributed by atoms with Gasteiger partial charge in [-0.1, -0.05) is 13.8 Å². The molecule has 1 saturated carbocycles. The maximum atomic E-state index is 2.57. The molecule has 1 nitrogen and oxygen atoms in total. The smallest absolute Gasteiger partial charge is 0.0172 e. The summed E-state index contributed by atoms with van der Waals surface area (Å²) in [5.74, 6) is 0.937. The molecule has 0 radical (unpaired) electrons. The highest BCUT2D eigenvalue weighted by Crippen LogP contribution is 2.50. The average molecular weight is 153 g/mol. The van der Waals surface area contributed by atoms with Crippen molar-refractivity contribution in [2.24, 2.45) is 11.3 Å². The molecule has 3 atom stereocenters. The predicted molar refractivity (Wildman–Crippen MR) is 47.5 cm³/mol. The fraction of sp³-hybridized carbons (Fsp3) is 1.00. The second-order valence-corrected chi connectivity index (χ2v) is 4.85. The SMILES string of the molecule is CC1CCC2(C)CCN(C)C12. The van der Waals surface area contributed by atoms with Crippen LogP contribution in [0.5, 0.6) is 0 Å². The highest BCUT2D eigenvalue weighted by molar-refractivity contribution is 5.02. The van der Waals surface area contributed by atoms with E-state index >= 15 is 0 Å². The number of hydrogen-bond donors (Lipinski definition) is 0. The second kappa shape index (κ2) is 2.22. The molecule has 64 valence electrons. The number of likely N-dealkylation sites (tertiary alicyclic amines) is 1. The maximum absolute atomic E-state index is 2.57. The Morgan fingerprint density at radius 1 is 1.36 bits per heavy atom. The van der Waals surface area contributed by atoms with Crippen LogP contribution in [-0.4, -0.2) is 24.5 Å². The van der Waals surface area contributed by atoms with Gasteiger partial charge in [-0.05, 0) is 44.2 Å². The van der Waals surface area contributed by atoms with E-state index in [4.69, 9.17) is 0 Å². The van der Waals surface area contributed by atoms with Crippen molar-refractivity contribution in [1.82, 2.24) is 4.90 Å². The molecule has 0 spiro atoms. The van der Waals surface area contributed by atoms with Crippen molar-refractivity contribution in [3.05, 3.63) is 0 Å². The molecule has 0 aromatic heterocycles. The Labute approximate surface area is 69.8 Å². The van der Waals surface area contributed by atoms with Gasteiger partial charge in [-0.15, -0.1) is 0 Å².